The van der Waals surface area contributed by atoms with E-state index in [2.05, 4.69) is 39.9 Å². The highest BCUT2D eigenvalue weighted by atomic mass is 16.5. The fourth-order valence-corrected chi connectivity index (χ4v) is 3.74. The molecule has 6 heteroatoms. The van der Waals surface area contributed by atoms with E-state index in [0.29, 0.717) is 28.4 Å². The highest BCUT2D eigenvalue weighted by Gasteiger charge is 2.22. The maximum absolute atomic E-state index is 6.03. The molecule has 0 fully saturated rings. The van der Waals surface area contributed by atoms with Gasteiger partial charge in [0.1, 0.15) is 24.6 Å². The summed E-state index contributed by atoms with van der Waals surface area (Å²) in [7, 11) is 0. The first-order chi connectivity index (χ1) is 19.6. The van der Waals surface area contributed by atoms with Crippen LogP contribution < -0.4 is 30.8 Å². The van der Waals surface area contributed by atoms with Crippen LogP contribution in [0.15, 0.2) is 91.0 Å². The highest BCUT2D eigenvalue weighted by molar-refractivity contribution is 5.85. The van der Waals surface area contributed by atoms with E-state index in [1.165, 1.54) is 0 Å². The molecule has 194 valence electrons. The summed E-state index contributed by atoms with van der Waals surface area (Å²) in [5.41, 5.74) is 11.8. The standard InChI is InChI=1S/C34H26N4O2/c1-5-23-39-32-22-21-31(33(34(32)40-24-6-2)35-30-16-12-13-27(8-4)25-30)38(36-28-14-10-9-11-15-28)37-29-19-17-26(7-3)18-20-29/h1-4,9-22,25,35-37H,23-24H2. The summed E-state index contributed by atoms with van der Waals surface area (Å²) in [6.45, 7) is 0.0472. The van der Waals surface area contributed by atoms with E-state index in [-0.39, 0.29) is 13.2 Å². The minimum absolute atomic E-state index is 0.00202. The van der Waals surface area contributed by atoms with E-state index < -0.39 is 0 Å². The Kier molecular flexibility index (Phi) is 9.07. The molecule has 0 bridgehead atoms. The molecule has 0 radical (unpaired) electrons. The topological polar surface area (TPSA) is 57.8 Å². The number of hydrogen-bond acceptors (Lipinski definition) is 6. The molecule has 4 aromatic rings. The maximum atomic E-state index is 6.03. The number of hydrazine groups is 2. The predicted octanol–water partition coefficient (Wildman–Crippen LogP) is 6.28. The van der Waals surface area contributed by atoms with Gasteiger partial charge in [0.2, 0.25) is 0 Å². The van der Waals surface area contributed by atoms with Crippen LogP contribution in [0, 0.1) is 49.4 Å². The zero-order valence-electron chi connectivity index (χ0n) is 21.6. The molecule has 3 N–H and O–H groups in total. The lowest BCUT2D eigenvalue weighted by atomic mass is 10.1. The summed E-state index contributed by atoms with van der Waals surface area (Å²) in [4.78, 5) is 0. The normalized spacial score (nSPS) is 9.60. The molecule has 4 aromatic carbocycles. The Morgan fingerprint density at radius 1 is 0.625 bits per heavy atom. The fourth-order valence-electron chi connectivity index (χ4n) is 3.74. The van der Waals surface area contributed by atoms with Gasteiger partial charge < -0.3 is 14.8 Å². The number of hydrogen-bond donors (Lipinski definition) is 3. The molecule has 4 rings (SSSR count). The Hall–Kier alpha value is -6.08. The third kappa shape index (κ3) is 6.81. The Balaban J connectivity index is 1.87. The minimum Gasteiger partial charge on any atom is -0.477 e. The van der Waals surface area contributed by atoms with Gasteiger partial charge in [-0.05, 0) is 66.7 Å². The number of terminal acetylenes is 4. The molecular formula is C34H26N4O2. The highest BCUT2D eigenvalue weighted by Crippen LogP contribution is 2.44. The van der Waals surface area contributed by atoms with E-state index >= 15 is 0 Å². The molecule has 0 saturated heterocycles. The van der Waals surface area contributed by atoms with Gasteiger partial charge in [-0.2, -0.15) is 5.12 Å². The summed E-state index contributed by atoms with van der Waals surface area (Å²) >= 11 is 0. The van der Waals surface area contributed by atoms with Crippen LogP contribution in [0.4, 0.5) is 28.4 Å². The number of benzene rings is 4. The van der Waals surface area contributed by atoms with Crippen LogP contribution in [-0.2, 0) is 0 Å². The molecule has 0 aromatic heterocycles. The zero-order chi connectivity index (χ0) is 28.2. The Morgan fingerprint density at radius 2 is 1.27 bits per heavy atom. The first-order valence-corrected chi connectivity index (χ1v) is 12.2. The molecule has 0 saturated carbocycles. The van der Waals surface area contributed by atoms with Crippen molar-refractivity contribution in [2.75, 3.05) is 34.5 Å². The van der Waals surface area contributed by atoms with Crippen LogP contribution in [0.5, 0.6) is 11.5 Å². The van der Waals surface area contributed by atoms with E-state index in [9.17, 15) is 0 Å². The summed E-state index contributed by atoms with van der Waals surface area (Å²) in [5.74, 6) is 11.1. The molecule has 40 heavy (non-hydrogen) atoms. The van der Waals surface area contributed by atoms with Gasteiger partial charge in [0, 0.05) is 16.8 Å². The van der Waals surface area contributed by atoms with Gasteiger partial charge in [0.05, 0.1) is 11.4 Å². The van der Waals surface area contributed by atoms with Crippen molar-refractivity contribution < 1.29 is 9.47 Å². The summed E-state index contributed by atoms with van der Waals surface area (Å²) < 4.78 is 11.9. The van der Waals surface area contributed by atoms with Crippen LogP contribution >= 0.6 is 0 Å². The summed E-state index contributed by atoms with van der Waals surface area (Å²) in [5, 5.41) is 5.19. The summed E-state index contributed by atoms with van der Waals surface area (Å²) in [6, 6.07) is 28.3. The molecule has 0 heterocycles. The largest absolute Gasteiger partial charge is 0.477 e. The molecule has 0 spiro atoms. The van der Waals surface area contributed by atoms with Crippen molar-refractivity contribution in [2.45, 2.75) is 0 Å². The molecule has 0 amide bonds. The smallest absolute Gasteiger partial charge is 0.188 e. The number of para-hydroxylation sites is 1. The van der Waals surface area contributed by atoms with Gasteiger partial charge in [0.15, 0.2) is 11.5 Å². The Labute approximate surface area is 235 Å². The quantitative estimate of drug-likeness (QED) is 0.159. The van der Waals surface area contributed by atoms with E-state index in [1.807, 2.05) is 84.9 Å². The number of rotatable bonds is 11. The number of nitrogens with one attached hydrogen (secondary N) is 3. The van der Waals surface area contributed by atoms with Crippen molar-refractivity contribution in [3.8, 4) is 60.9 Å². The lowest BCUT2D eigenvalue weighted by Crippen LogP contribution is -2.36. The molecular weight excluding hydrogens is 496 g/mol. The number of ether oxygens (including phenoxy) is 2. The molecule has 0 unspecified atom stereocenters. The second kappa shape index (κ2) is 13.5. The van der Waals surface area contributed by atoms with Crippen molar-refractivity contribution in [1.82, 2.24) is 0 Å². The van der Waals surface area contributed by atoms with Gasteiger partial charge in [-0.15, -0.1) is 25.7 Å². The van der Waals surface area contributed by atoms with E-state index in [0.717, 1.165) is 22.6 Å². The van der Waals surface area contributed by atoms with Crippen molar-refractivity contribution in [2.24, 2.45) is 0 Å². The van der Waals surface area contributed by atoms with Crippen molar-refractivity contribution in [1.29, 1.82) is 0 Å². The van der Waals surface area contributed by atoms with Gasteiger partial charge in [-0.1, -0.05) is 47.9 Å². The summed E-state index contributed by atoms with van der Waals surface area (Å²) in [6.07, 6.45) is 22.2. The molecule has 0 atom stereocenters. The van der Waals surface area contributed by atoms with Gasteiger partial charge >= 0.3 is 0 Å². The van der Waals surface area contributed by atoms with Crippen LogP contribution in [0.1, 0.15) is 11.1 Å². The van der Waals surface area contributed by atoms with E-state index in [1.54, 1.807) is 11.2 Å². The minimum atomic E-state index is 0.00202. The zero-order valence-corrected chi connectivity index (χ0v) is 21.6. The van der Waals surface area contributed by atoms with Crippen LogP contribution in [0.3, 0.4) is 0 Å². The van der Waals surface area contributed by atoms with Crippen LogP contribution in [0.2, 0.25) is 0 Å². The third-order valence-electron chi connectivity index (χ3n) is 5.56. The number of nitrogens with zero attached hydrogens (tertiary/aromatic N) is 1. The molecule has 0 aliphatic heterocycles. The predicted molar refractivity (Wildman–Crippen MR) is 163 cm³/mol. The third-order valence-corrected chi connectivity index (χ3v) is 5.56. The fraction of sp³-hybridized carbons (Fsp3) is 0.0588. The monoisotopic (exact) mass is 522 g/mol. The van der Waals surface area contributed by atoms with Crippen molar-refractivity contribution >= 4 is 28.4 Å². The van der Waals surface area contributed by atoms with Crippen molar-refractivity contribution in [3.63, 3.8) is 0 Å². The van der Waals surface area contributed by atoms with Crippen LogP contribution in [0.25, 0.3) is 0 Å². The van der Waals surface area contributed by atoms with Gasteiger partial charge in [-0.3, -0.25) is 10.9 Å². The van der Waals surface area contributed by atoms with E-state index in [4.69, 9.17) is 35.2 Å². The van der Waals surface area contributed by atoms with Gasteiger partial charge in [0.25, 0.3) is 0 Å². The average molecular weight is 523 g/mol. The van der Waals surface area contributed by atoms with Crippen molar-refractivity contribution in [3.05, 3.63) is 102 Å². The lowest BCUT2D eigenvalue weighted by molar-refractivity contribution is 0.316. The second-order valence-corrected chi connectivity index (χ2v) is 8.27. The van der Waals surface area contributed by atoms with Crippen LogP contribution in [-0.4, -0.2) is 13.2 Å². The molecule has 0 aliphatic rings. The molecule has 0 aliphatic carbocycles. The number of anilines is 5. The Bertz CT molecular complexity index is 1620. The Morgan fingerprint density at radius 3 is 1.95 bits per heavy atom. The average Bonchev–Trinajstić information content (AvgIpc) is 3.00. The maximum Gasteiger partial charge on any atom is 0.188 e. The van der Waals surface area contributed by atoms with Gasteiger partial charge in [-0.25, -0.2) is 0 Å². The first kappa shape index (κ1) is 27.0. The SMILES string of the molecule is C#CCOc1ccc(N(Nc2ccccc2)Nc2ccc(C#C)cc2)c(Nc2cccc(C#C)c2)c1OCC#C. The second-order valence-electron chi connectivity index (χ2n) is 8.27. The lowest BCUT2D eigenvalue weighted by Gasteiger charge is -2.31. The molecule has 6 nitrogen and oxygen atoms in total. The first-order valence-electron chi connectivity index (χ1n) is 12.2.